The van der Waals surface area contributed by atoms with Gasteiger partial charge in [0.05, 0.1) is 28.9 Å². The summed E-state index contributed by atoms with van der Waals surface area (Å²) >= 11 is 6.24. The maximum atomic E-state index is 12.5. The number of ketones is 1. The number of Topliss-reactive ketones (excluding diaryl/α,β-unsaturated/α-hetero) is 1. The molecule has 0 fully saturated rings. The number of amides is 1. The van der Waals surface area contributed by atoms with E-state index in [0.29, 0.717) is 34.8 Å². The highest BCUT2D eigenvalue weighted by atomic mass is 35.5. The fourth-order valence-electron chi connectivity index (χ4n) is 3.36. The van der Waals surface area contributed by atoms with E-state index in [-0.39, 0.29) is 17.9 Å². The molecule has 2 heterocycles. The van der Waals surface area contributed by atoms with E-state index >= 15 is 0 Å². The van der Waals surface area contributed by atoms with Gasteiger partial charge in [-0.3, -0.25) is 9.59 Å². The highest BCUT2D eigenvalue weighted by Gasteiger charge is 2.38. The molecule has 0 spiro atoms. The summed E-state index contributed by atoms with van der Waals surface area (Å²) in [7, 11) is 1.61. The first kappa shape index (κ1) is 15.0. The van der Waals surface area contributed by atoms with Crippen LogP contribution in [0.15, 0.2) is 36.4 Å². The second-order valence-electron chi connectivity index (χ2n) is 5.83. The molecule has 2 aromatic carbocycles. The van der Waals surface area contributed by atoms with E-state index in [1.165, 1.54) is 0 Å². The zero-order valence-corrected chi connectivity index (χ0v) is 13.8. The zero-order chi connectivity index (χ0) is 16.8. The summed E-state index contributed by atoms with van der Waals surface area (Å²) in [5, 5.41) is 3.41. The largest absolute Gasteiger partial charge is 0.497 e. The summed E-state index contributed by atoms with van der Waals surface area (Å²) in [4.78, 5) is 26.9. The van der Waals surface area contributed by atoms with Crippen LogP contribution in [-0.4, -0.2) is 25.3 Å². The molecule has 1 atom stereocenters. The SMILES string of the molecule is COc1ccc(C2NC(=O)c3ccc(Cl)c4c3N2CCC4=O)cc1. The molecule has 0 aliphatic carbocycles. The van der Waals surface area contributed by atoms with Gasteiger partial charge in [-0.25, -0.2) is 0 Å². The van der Waals surface area contributed by atoms with Gasteiger partial charge in [-0.15, -0.1) is 0 Å². The number of rotatable bonds is 2. The number of halogens is 1. The van der Waals surface area contributed by atoms with Crippen LogP contribution in [-0.2, 0) is 0 Å². The summed E-state index contributed by atoms with van der Waals surface area (Å²) in [6, 6.07) is 10.8. The first-order valence-corrected chi connectivity index (χ1v) is 8.05. The topological polar surface area (TPSA) is 58.6 Å². The number of hydrogen-bond acceptors (Lipinski definition) is 4. The van der Waals surface area contributed by atoms with Gasteiger partial charge in [0, 0.05) is 13.0 Å². The maximum absolute atomic E-state index is 12.5. The minimum Gasteiger partial charge on any atom is -0.497 e. The number of ether oxygens (including phenoxy) is 1. The van der Waals surface area contributed by atoms with Gasteiger partial charge in [0.1, 0.15) is 11.9 Å². The molecule has 1 unspecified atom stereocenters. The molecule has 2 aliphatic heterocycles. The number of methoxy groups -OCH3 is 1. The van der Waals surface area contributed by atoms with Crippen LogP contribution in [0.1, 0.15) is 38.9 Å². The highest BCUT2D eigenvalue weighted by molar-refractivity contribution is 6.35. The van der Waals surface area contributed by atoms with E-state index in [0.717, 1.165) is 11.3 Å². The lowest BCUT2D eigenvalue weighted by Gasteiger charge is -2.42. The van der Waals surface area contributed by atoms with Crippen LogP contribution < -0.4 is 15.0 Å². The minimum absolute atomic E-state index is 0.0173. The van der Waals surface area contributed by atoms with Crippen molar-refractivity contribution in [3.63, 3.8) is 0 Å². The van der Waals surface area contributed by atoms with E-state index in [9.17, 15) is 9.59 Å². The molecule has 5 nitrogen and oxygen atoms in total. The van der Waals surface area contributed by atoms with Crippen LogP contribution in [0.25, 0.3) is 0 Å². The number of carbonyl (C=O) groups excluding carboxylic acids is 2. The second-order valence-corrected chi connectivity index (χ2v) is 6.24. The Morgan fingerprint density at radius 3 is 2.62 bits per heavy atom. The van der Waals surface area contributed by atoms with Crippen molar-refractivity contribution in [1.29, 1.82) is 0 Å². The Bertz CT molecular complexity index is 848. The van der Waals surface area contributed by atoms with Crippen molar-refractivity contribution in [2.75, 3.05) is 18.6 Å². The molecular formula is C18H15ClN2O3. The lowest BCUT2D eigenvalue weighted by molar-refractivity contribution is 0.0921. The molecule has 1 N–H and O–H groups in total. The normalized spacial score (nSPS) is 18.9. The second kappa shape index (κ2) is 5.53. The first-order valence-electron chi connectivity index (χ1n) is 7.67. The van der Waals surface area contributed by atoms with Crippen LogP contribution in [0.2, 0.25) is 5.02 Å². The molecule has 4 rings (SSSR count). The van der Waals surface area contributed by atoms with Crippen molar-refractivity contribution < 1.29 is 14.3 Å². The highest BCUT2D eigenvalue weighted by Crippen LogP contribution is 2.42. The Kier molecular flexibility index (Phi) is 3.46. The molecule has 0 saturated heterocycles. The third-order valence-corrected chi connectivity index (χ3v) is 4.84. The van der Waals surface area contributed by atoms with Crippen molar-refractivity contribution in [2.24, 2.45) is 0 Å². The predicted octanol–water partition coefficient (Wildman–Crippen LogP) is 3.18. The van der Waals surface area contributed by atoms with Crippen LogP contribution >= 0.6 is 11.6 Å². The van der Waals surface area contributed by atoms with Gasteiger partial charge in [0.15, 0.2) is 5.78 Å². The van der Waals surface area contributed by atoms with E-state index in [1.54, 1.807) is 19.2 Å². The van der Waals surface area contributed by atoms with Gasteiger partial charge in [-0.2, -0.15) is 0 Å². The number of nitrogens with one attached hydrogen (secondary N) is 1. The fraction of sp³-hybridized carbons (Fsp3) is 0.222. The molecule has 2 aliphatic rings. The Morgan fingerprint density at radius 1 is 1.17 bits per heavy atom. The summed E-state index contributed by atoms with van der Waals surface area (Å²) in [5.74, 6) is 0.532. The molecule has 2 aromatic rings. The fourth-order valence-corrected chi connectivity index (χ4v) is 3.62. The number of carbonyl (C=O) groups is 2. The summed E-state index contributed by atoms with van der Waals surface area (Å²) in [6.45, 7) is 0.538. The first-order chi connectivity index (χ1) is 11.6. The summed E-state index contributed by atoms with van der Waals surface area (Å²) in [5.41, 5.74) is 2.51. The van der Waals surface area contributed by atoms with E-state index in [4.69, 9.17) is 16.3 Å². The van der Waals surface area contributed by atoms with Crippen LogP contribution in [0, 0.1) is 0 Å². The molecule has 0 bridgehead atoms. The molecule has 6 heteroatoms. The average Bonchev–Trinajstić information content (AvgIpc) is 2.60. The van der Waals surface area contributed by atoms with Gasteiger partial charge in [0.2, 0.25) is 0 Å². The lowest BCUT2D eigenvalue weighted by atomic mass is 9.92. The lowest BCUT2D eigenvalue weighted by Crippen LogP contribution is -2.49. The molecule has 0 saturated carbocycles. The van der Waals surface area contributed by atoms with Gasteiger partial charge in [-0.1, -0.05) is 23.7 Å². The van der Waals surface area contributed by atoms with Gasteiger partial charge in [-0.05, 0) is 29.8 Å². The number of benzene rings is 2. The minimum atomic E-state index is -0.332. The molecule has 0 aromatic heterocycles. The maximum Gasteiger partial charge on any atom is 0.255 e. The number of hydrogen-bond donors (Lipinski definition) is 1. The monoisotopic (exact) mass is 342 g/mol. The third kappa shape index (κ3) is 2.16. The van der Waals surface area contributed by atoms with E-state index in [1.807, 2.05) is 29.2 Å². The average molecular weight is 343 g/mol. The number of anilines is 1. The van der Waals surface area contributed by atoms with Crippen molar-refractivity contribution >= 4 is 29.0 Å². The zero-order valence-electron chi connectivity index (χ0n) is 13.0. The van der Waals surface area contributed by atoms with Gasteiger partial charge < -0.3 is 15.0 Å². The Morgan fingerprint density at radius 2 is 1.92 bits per heavy atom. The predicted molar refractivity (Wildman–Crippen MR) is 90.9 cm³/mol. The van der Waals surface area contributed by atoms with Crippen LogP contribution in [0.4, 0.5) is 5.69 Å². The quantitative estimate of drug-likeness (QED) is 0.910. The Labute approximate surface area is 144 Å². The summed E-state index contributed by atoms with van der Waals surface area (Å²) in [6.07, 6.45) is 0.0415. The van der Waals surface area contributed by atoms with Crippen LogP contribution in [0.5, 0.6) is 5.75 Å². The molecule has 24 heavy (non-hydrogen) atoms. The Hall–Kier alpha value is -2.53. The van der Waals surface area contributed by atoms with Crippen LogP contribution in [0.3, 0.4) is 0 Å². The molecule has 0 radical (unpaired) electrons. The Balaban J connectivity index is 1.85. The smallest absolute Gasteiger partial charge is 0.255 e. The molecule has 122 valence electrons. The molecule has 1 amide bonds. The van der Waals surface area contributed by atoms with Gasteiger partial charge in [0.25, 0.3) is 5.91 Å². The van der Waals surface area contributed by atoms with Crippen molar-refractivity contribution in [3.8, 4) is 5.75 Å². The summed E-state index contributed by atoms with van der Waals surface area (Å²) < 4.78 is 5.18. The van der Waals surface area contributed by atoms with Crippen molar-refractivity contribution in [3.05, 3.63) is 58.1 Å². The standard InChI is InChI=1S/C18H15ClN2O3/c1-24-11-4-2-10(3-5-11)17-20-18(23)12-6-7-13(19)15-14(22)8-9-21(17)16(12)15/h2-7,17H,8-9H2,1H3,(H,20,23). The van der Waals surface area contributed by atoms with E-state index in [2.05, 4.69) is 5.32 Å². The number of nitrogens with zero attached hydrogens (tertiary/aromatic N) is 1. The molecular weight excluding hydrogens is 328 g/mol. The van der Waals surface area contributed by atoms with Gasteiger partial charge >= 0.3 is 0 Å². The van der Waals surface area contributed by atoms with Crippen molar-refractivity contribution in [1.82, 2.24) is 5.32 Å². The third-order valence-electron chi connectivity index (χ3n) is 4.53. The van der Waals surface area contributed by atoms with E-state index < -0.39 is 0 Å². The van der Waals surface area contributed by atoms with Crippen molar-refractivity contribution in [2.45, 2.75) is 12.6 Å².